The van der Waals surface area contributed by atoms with E-state index in [2.05, 4.69) is 34.0 Å². The molecule has 0 radical (unpaired) electrons. The fraction of sp³-hybridized carbons (Fsp3) is 0.667. The van der Waals surface area contributed by atoms with Crippen LogP contribution in [0, 0.1) is 0 Å². The Hall–Kier alpha value is -1.24. The quantitative estimate of drug-likeness (QED) is 0.922. The van der Waals surface area contributed by atoms with Crippen molar-refractivity contribution in [2.24, 2.45) is 0 Å². The van der Waals surface area contributed by atoms with E-state index in [0.717, 1.165) is 43.5 Å². The Morgan fingerprint density at radius 2 is 2.00 bits per heavy atom. The summed E-state index contributed by atoms with van der Waals surface area (Å²) in [7, 11) is 0. The number of anilines is 1. The fourth-order valence-corrected chi connectivity index (χ4v) is 5.03. The van der Waals surface area contributed by atoms with Crippen LogP contribution in [0.2, 0.25) is 0 Å². The number of aryl methyl sites for hydroxylation is 2. The molecule has 1 N–H and O–H groups in total. The van der Waals surface area contributed by atoms with Crippen molar-refractivity contribution in [1.82, 2.24) is 14.9 Å². The first kappa shape index (κ1) is 16.2. The van der Waals surface area contributed by atoms with Crippen LogP contribution in [0.15, 0.2) is 6.33 Å². The summed E-state index contributed by atoms with van der Waals surface area (Å²) in [6.45, 7) is 9.14. The van der Waals surface area contributed by atoms with Crippen molar-refractivity contribution >= 4 is 27.4 Å². The molecule has 2 aliphatic rings. The van der Waals surface area contributed by atoms with Gasteiger partial charge in [0.05, 0.1) is 18.6 Å². The Balaban J connectivity index is 1.57. The van der Waals surface area contributed by atoms with Crippen LogP contribution in [0.25, 0.3) is 10.2 Å². The van der Waals surface area contributed by atoms with E-state index < -0.39 is 0 Å². The van der Waals surface area contributed by atoms with Gasteiger partial charge in [-0.3, -0.25) is 4.90 Å². The van der Waals surface area contributed by atoms with Gasteiger partial charge in [0, 0.05) is 30.1 Å². The molecule has 0 aromatic carbocycles. The van der Waals surface area contributed by atoms with Gasteiger partial charge >= 0.3 is 0 Å². The second kappa shape index (κ2) is 6.58. The summed E-state index contributed by atoms with van der Waals surface area (Å²) in [4.78, 5) is 14.3. The van der Waals surface area contributed by atoms with Crippen molar-refractivity contribution < 1.29 is 4.74 Å². The second-order valence-electron chi connectivity index (χ2n) is 7.38. The van der Waals surface area contributed by atoms with Crippen LogP contribution in [0.3, 0.4) is 0 Å². The highest BCUT2D eigenvalue weighted by Crippen LogP contribution is 2.38. The Morgan fingerprint density at radius 1 is 1.21 bits per heavy atom. The topological polar surface area (TPSA) is 50.3 Å². The van der Waals surface area contributed by atoms with Gasteiger partial charge in [0.25, 0.3) is 0 Å². The maximum absolute atomic E-state index is 5.49. The first-order valence-corrected chi connectivity index (χ1v) is 9.79. The molecule has 0 saturated carbocycles. The van der Waals surface area contributed by atoms with Crippen LogP contribution in [-0.2, 0) is 17.6 Å². The predicted octanol–water partition coefficient (Wildman–Crippen LogP) is 3.09. The molecule has 130 valence electrons. The Morgan fingerprint density at radius 3 is 2.83 bits per heavy atom. The van der Waals surface area contributed by atoms with Gasteiger partial charge in [0.2, 0.25) is 0 Å². The molecule has 1 aliphatic heterocycles. The monoisotopic (exact) mass is 346 g/mol. The highest BCUT2D eigenvalue weighted by Gasteiger charge is 2.29. The minimum Gasteiger partial charge on any atom is -0.379 e. The van der Waals surface area contributed by atoms with Crippen LogP contribution >= 0.6 is 11.3 Å². The van der Waals surface area contributed by atoms with Crippen LogP contribution < -0.4 is 5.32 Å². The molecule has 3 heterocycles. The lowest BCUT2D eigenvalue weighted by Crippen LogP contribution is -2.53. The summed E-state index contributed by atoms with van der Waals surface area (Å²) in [5.74, 6) is 1.01. The van der Waals surface area contributed by atoms with E-state index >= 15 is 0 Å². The highest BCUT2D eigenvalue weighted by atomic mass is 32.1. The first-order valence-electron chi connectivity index (χ1n) is 8.97. The van der Waals surface area contributed by atoms with E-state index in [0.29, 0.717) is 0 Å². The Bertz CT molecular complexity index is 721. The zero-order chi connectivity index (χ0) is 16.6. The second-order valence-corrected chi connectivity index (χ2v) is 8.46. The van der Waals surface area contributed by atoms with Gasteiger partial charge in [0.15, 0.2) is 0 Å². The molecule has 0 spiro atoms. The van der Waals surface area contributed by atoms with Crippen molar-refractivity contribution in [3.63, 3.8) is 0 Å². The van der Waals surface area contributed by atoms with E-state index in [-0.39, 0.29) is 5.54 Å². The third kappa shape index (κ3) is 3.03. The number of thiophene rings is 1. The van der Waals surface area contributed by atoms with Gasteiger partial charge in [0.1, 0.15) is 17.0 Å². The molecule has 0 amide bonds. The van der Waals surface area contributed by atoms with Gasteiger partial charge < -0.3 is 10.1 Å². The number of fused-ring (bicyclic) bond motifs is 3. The lowest BCUT2D eigenvalue weighted by atomic mass is 9.97. The normalized spacial score (nSPS) is 19.4. The van der Waals surface area contributed by atoms with E-state index in [1.807, 2.05) is 11.3 Å². The number of nitrogens with one attached hydrogen (secondary N) is 1. The molecule has 0 unspecified atom stereocenters. The lowest BCUT2D eigenvalue weighted by molar-refractivity contribution is -0.00569. The third-order valence-corrected chi connectivity index (χ3v) is 6.51. The smallest absolute Gasteiger partial charge is 0.138 e. The molecule has 0 bridgehead atoms. The van der Waals surface area contributed by atoms with Gasteiger partial charge in [-0.1, -0.05) is 0 Å². The zero-order valence-corrected chi connectivity index (χ0v) is 15.4. The molecular weight excluding hydrogens is 320 g/mol. The summed E-state index contributed by atoms with van der Waals surface area (Å²) in [6.07, 6.45) is 6.67. The number of rotatable bonds is 4. The summed E-state index contributed by atoms with van der Waals surface area (Å²) in [6, 6.07) is 0. The summed E-state index contributed by atoms with van der Waals surface area (Å²) < 4.78 is 5.49. The van der Waals surface area contributed by atoms with Crippen LogP contribution in [-0.4, -0.2) is 53.3 Å². The molecule has 1 saturated heterocycles. The van der Waals surface area contributed by atoms with Crippen LogP contribution in [0.4, 0.5) is 5.82 Å². The Labute approximate surface area is 147 Å². The summed E-state index contributed by atoms with van der Waals surface area (Å²) >= 11 is 1.86. The number of ether oxygens (including phenoxy) is 1. The van der Waals surface area contributed by atoms with E-state index in [4.69, 9.17) is 4.74 Å². The minimum atomic E-state index is 0.0805. The number of aromatic nitrogens is 2. The average molecular weight is 347 g/mol. The third-order valence-electron chi connectivity index (χ3n) is 5.31. The molecular formula is C18H26N4OS. The van der Waals surface area contributed by atoms with Gasteiger partial charge in [-0.2, -0.15) is 0 Å². The minimum absolute atomic E-state index is 0.0805. The molecule has 6 heteroatoms. The van der Waals surface area contributed by atoms with Crippen molar-refractivity contribution in [2.75, 3.05) is 38.2 Å². The van der Waals surface area contributed by atoms with Crippen LogP contribution in [0.1, 0.15) is 37.1 Å². The SMILES string of the molecule is CC(C)(CNc1ncnc2sc3c(c12)CCCC3)N1CCOCC1. The van der Waals surface area contributed by atoms with Crippen molar-refractivity contribution in [1.29, 1.82) is 0 Å². The van der Waals surface area contributed by atoms with E-state index in [1.54, 1.807) is 6.33 Å². The number of hydrogen-bond acceptors (Lipinski definition) is 6. The zero-order valence-electron chi connectivity index (χ0n) is 14.6. The largest absolute Gasteiger partial charge is 0.379 e. The predicted molar refractivity (Wildman–Crippen MR) is 99.0 cm³/mol. The van der Waals surface area contributed by atoms with Crippen LogP contribution in [0.5, 0.6) is 0 Å². The number of hydrogen-bond donors (Lipinski definition) is 1. The molecule has 24 heavy (non-hydrogen) atoms. The average Bonchev–Trinajstić information content (AvgIpc) is 3.00. The maximum atomic E-state index is 5.49. The van der Waals surface area contributed by atoms with Gasteiger partial charge in [-0.25, -0.2) is 9.97 Å². The van der Waals surface area contributed by atoms with Crippen molar-refractivity contribution in [3.8, 4) is 0 Å². The maximum Gasteiger partial charge on any atom is 0.138 e. The van der Waals surface area contributed by atoms with Crippen molar-refractivity contribution in [2.45, 2.75) is 45.1 Å². The summed E-state index contributed by atoms with van der Waals surface area (Å²) in [5, 5.41) is 4.91. The standard InChI is InChI=1S/C18H26N4OS/c1-18(2,22-7-9-23-10-8-22)11-19-16-15-13-5-3-4-6-14(13)24-17(15)21-12-20-16/h12H,3-11H2,1-2H3,(H,19,20,21). The molecule has 5 nitrogen and oxygen atoms in total. The van der Waals surface area contributed by atoms with Gasteiger partial charge in [-0.05, 0) is 45.1 Å². The summed E-state index contributed by atoms with van der Waals surface area (Å²) in [5.41, 5.74) is 1.57. The highest BCUT2D eigenvalue weighted by molar-refractivity contribution is 7.19. The van der Waals surface area contributed by atoms with Crippen molar-refractivity contribution in [3.05, 3.63) is 16.8 Å². The Kier molecular flexibility index (Phi) is 4.45. The lowest BCUT2D eigenvalue weighted by Gasteiger charge is -2.41. The van der Waals surface area contributed by atoms with E-state index in [1.165, 1.54) is 41.5 Å². The fourth-order valence-electron chi connectivity index (χ4n) is 3.80. The first-order chi connectivity index (χ1) is 11.6. The molecule has 0 atom stereocenters. The molecule has 1 fully saturated rings. The molecule has 1 aliphatic carbocycles. The number of morpholine rings is 1. The molecule has 4 rings (SSSR count). The molecule has 2 aromatic heterocycles. The van der Waals surface area contributed by atoms with E-state index in [9.17, 15) is 0 Å². The number of nitrogens with zero attached hydrogens (tertiary/aromatic N) is 3. The van der Waals surface area contributed by atoms with Gasteiger partial charge in [-0.15, -0.1) is 11.3 Å². The molecule has 2 aromatic rings.